The van der Waals surface area contributed by atoms with Crippen molar-refractivity contribution in [2.24, 2.45) is 11.3 Å². The summed E-state index contributed by atoms with van der Waals surface area (Å²) in [5, 5.41) is 7.14. The summed E-state index contributed by atoms with van der Waals surface area (Å²) in [7, 11) is 3.90. The number of carbonyl (C=O) groups is 1. The lowest BCUT2D eigenvalue weighted by Crippen LogP contribution is -2.38. The Bertz CT molecular complexity index is 845. The van der Waals surface area contributed by atoms with Crippen LogP contribution in [0.3, 0.4) is 0 Å². The van der Waals surface area contributed by atoms with Crippen molar-refractivity contribution in [1.82, 2.24) is 20.4 Å². The Morgan fingerprint density at radius 3 is 2.48 bits per heavy atom. The van der Waals surface area contributed by atoms with Crippen LogP contribution in [0.2, 0.25) is 0 Å². The van der Waals surface area contributed by atoms with Crippen molar-refractivity contribution < 1.29 is 9.32 Å². The van der Waals surface area contributed by atoms with Crippen LogP contribution in [0.5, 0.6) is 0 Å². The van der Waals surface area contributed by atoms with Crippen molar-refractivity contribution in [3.05, 3.63) is 23.7 Å². The number of carbonyl (C=O) groups excluding carboxylic acids is 1. The molecule has 1 fully saturated rings. The fourth-order valence-corrected chi connectivity index (χ4v) is 3.73. The molecule has 29 heavy (non-hydrogen) atoms. The number of anilines is 1. The molecule has 7 heteroatoms. The topological polar surface area (TPSA) is 84.2 Å². The van der Waals surface area contributed by atoms with Crippen LogP contribution in [0.25, 0.3) is 11.3 Å². The van der Waals surface area contributed by atoms with Gasteiger partial charge in [-0.3, -0.25) is 4.79 Å². The van der Waals surface area contributed by atoms with E-state index in [2.05, 4.69) is 15.5 Å². The van der Waals surface area contributed by atoms with Crippen LogP contribution < -0.4 is 10.2 Å². The highest BCUT2D eigenvalue weighted by atomic mass is 16.5. The maximum absolute atomic E-state index is 12.1. The van der Waals surface area contributed by atoms with Crippen molar-refractivity contribution in [3.8, 4) is 11.3 Å². The first-order valence-electron chi connectivity index (χ1n) is 10.4. The number of hydrogen-bond donors (Lipinski definition) is 1. The second kappa shape index (κ2) is 8.51. The molecular formula is C22H33N5O2. The average molecular weight is 400 g/mol. The van der Waals surface area contributed by atoms with Gasteiger partial charge in [0.15, 0.2) is 5.76 Å². The molecule has 3 rings (SSSR count). The Balaban J connectivity index is 1.72. The van der Waals surface area contributed by atoms with Crippen LogP contribution in [0, 0.1) is 18.3 Å². The fraction of sp³-hybridized carbons (Fsp3) is 0.636. The summed E-state index contributed by atoms with van der Waals surface area (Å²) >= 11 is 0. The standard InChI is InChI=1S/C22H33N5O2/c1-14-11-18(29-26-14)17-13-24-21(27(5)6)25-19(17)16-9-7-15(8-10-16)12-23-20(28)22(2,3)4/h11,13,15-16H,7-10,12H2,1-6H3,(H,23,28). The van der Waals surface area contributed by atoms with Gasteiger partial charge in [0.25, 0.3) is 0 Å². The second-order valence-electron chi connectivity index (χ2n) is 9.37. The number of rotatable bonds is 5. The minimum absolute atomic E-state index is 0.119. The number of hydrogen-bond acceptors (Lipinski definition) is 6. The number of aryl methyl sites for hydroxylation is 1. The second-order valence-corrected chi connectivity index (χ2v) is 9.37. The third kappa shape index (κ3) is 5.14. The Morgan fingerprint density at radius 1 is 1.24 bits per heavy atom. The monoisotopic (exact) mass is 399 g/mol. The number of nitrogens with zero attached hydrogens (tertiary/aromatic N) is 4. The summed E-state index contributed by atoms with van der Waals surface area (Å²) in [5.74, 6) is 2.42. The summed E-state index contributed by atoms with van der Waals surface area (Å²) in [6.45, 7) is 8.51. The van der Waals surface area contributed by atoms with Gasteiger partial charge in [-0.15, -0.1) is 0 Å². The molecule has 0 radical (unpaired) electrons. The van der Waals surface area contributed by atoms with Crippen molar-refractivity contribution in [3.63, 3.8) is 0 Å². The van der Waals surface area contributed by atoms with E-state index in [-0.39, 0.29) is 11.3 Å². The molecule has 1 aliphatic carbocycles. The predicted octanol–water partition coefficient (Wildman–Crippen LogP) is 3.94. The van der Waals surface area contributed by atoms with E-state index in [4.69, 9.17) is 9.51 Å². The van der Waals surface area contributed by atoms with Gasteiger partial charge in [0.05, 0.1) is 17.0 Å². The van der Waals surface area contributed by atoms with E-state index in [0.717, 1.165) is 54.9 Å². The third-order valence-corrected chi connectivity index (χ3v) is 5.56. The Labute approximate surface area is 173 Å². The Morgan fingerprint density at radius 2 is 1.93 bits per heavy atom. The van der Waals surface area contributed by atoms with E-state index in [0.29, 0.717) is 17.8 Å². The molecule has 1 N–H and O–H groups in total. The van der Waals surface area contributed by atoms with Crippen molar-refractivity contribution in [1.29, 1.82) is 0 Å². The van der Waals surface area contributed by atoms with Gasteiger partial charge in [0.1, 0.15) is 0 Å². The zero-order valence-corrected chi connectivity index (χ0v) is 18.5. The molecule has 1 amide bonds. The van der Waals surface area contributed by atoms with E-state index in [1.165, 1.54) is 0 Å². The molecule has 0 saturated heterocycles. The third-order valence-electron chi connectivity index (χ3n) is 5.56. The van der Waals surface area contributed by atoms with E-state index < -0.39 is 0 Å². The van der Waals surface area contributed by atoms with Crippen LogP contribution in [0.4, 0.5) is 5.95 Å². The molecule has 158 valence electrons. The van der Waals surface area contributed by atoms with Crippen molar-refractivity contribution in [2.45, 2.75) is 59.3 Å². The first kappa shape index (κ1) is 21.3. The lowest BCUT2D eigenvalue weighted by Gasteiger charge is -2.30. The zero-order chi connectivity index (χ0) is 21.2. The molecule has 0 spiro atoms. The van der Waals surface area contributed by atoms with Gasteiger partial charge in [0.2, 0.25) is 11.9 Å². The van der Waals surface area contributed by atoms with E-state index in [1.807, 2.05) is 59.0 Å². The van der Waals surface area contributed by atoms with Crippen molar-refractivity contribution in [2.75, 3.05) is 25.5 Å². The van der Waals surface area contributed by atoms with Crippen LogP contribution in [-0.4, -0.2) is 41.7 Å². The fourth-order valence-electron chi connectivity index (χ4n) is 3.73. The maximum Gasteiger partial charge on any atom is 0.225 e. The van der Waals surface area contributed by atoms with Crippen LogP contribution >= 0.6 is 0 Å². The molecule has 0 bridgehead atoms. The summed E-state index contributed by atoms with van der Waals surface area (Å²) in [4.78, 5) is 23.4. The molecule has 2 heterocycles. The number of nitrogens with one attached hydrogen (secondary N) is 1. The normalized spacial score (nSPS) is 19.8. The molecule has 0 unspecified atom stereocenters. The van der Waals surface area contributed by atoms with Gasteiger partial charge < -0.3 is 14.7 Å². The predicted molar refractivity (Wildman–Crippen MR) is 114 cm³/mol. The van der Waals surface area contributed by atoms with Gasteiger partial charge >= 0.3 is 0 Å². The minimum Gasteiger partial charge on any atom is -0.356 e. The largest absolute Gasteiger partial charge is 0.356 e. The molecule has 2 aromatic rings. The quantitative estimate of drug-likeness (QED) is 0.820. The van der Waals surface area contributed by atoms with Gasteiger partial charge in [-0.05, 0) is 38.5 Å². The summed E-state index contributed by atoms with van der Waals surface area (Å²) in [5.41, 5.74) is 2.48. The molecule has 1 aliphatic rings. The highest BCUT2D eigenvalue weighted by Crippen LogP contribution is 2.39. The SMILES string of the molecule is Cc1cc(-c2cnc(N(C)C)nc2C2CCC(CNC(=O)C(C)(C)C)CC2)on1. The summed E-state index contributed by atoms with van der Waals surface area (Å²) in [6.07, 6.45) is 6.09. The van der Waals surface area contributed by atoms with E-state index >= 15 is 0 Å². The Kier molecular flexibility index (Phi) is 6.24. The minimum atomic E-state index is -0.342. The summed E-state index contributed by atoms with van der Waals surface area (Å²) in [6, 6.07) is 1.94. The Hall–Kier alpha value is -2.44. The van der Waals surface area contributed by atoms with Crippen LogP contribution in [-0.2, 0) is 4.79 Å². The lowest BCUT2D eigenvalue weighted by atomic mass is 9.79. The number of aromatic nitrogens is 3. The first-order valence-corrected chi connectivity index (χ1v) is 10.4. The van der Waals surface area contributed by atoms with E-state index in [1.54, 1.807) is 0 Å². The van der Waals surface area contributed by atoms with Crippen LogP contribution in [0.15, 0.2) is 16.8 Å². The molecule has 2 aromatic heterocycles. The van der Waals surface area contributed by atoms with E-state index in [9.17, 15) is 4.79 Å². The van der Waals surface area contributed by atoms with Gasteiger partial charge in [-0.1, -0.05) is 25.9 Å². The first-order chi connectivity index (χ1) is 13.6. The van der Waals surface area contributed by atoms with Crippen molar-refractivity contribution >= 4 is 11.9 Å². The average Bonchev–Trinajstić information content (AvgIpc) is 3.11. The van der Waals surface area contributed by atoms with Gasteiger partial charge in [-0.25, -0.2) is 9.97 Å². The lowest BCUT2D eigenvalue weighted by molar-refractivity contribution is -0.128. The molecule has 7 nitrogen and oxygen atoms in total. The molecule has 0 aromatic carbocycles. The highest BCUT2D eigenvalue weighted by Gasteiger charge is 2.28. The summed E-state index contributed by atoms with van der Waals surface area (Å²) < 4.78 is 5.51. The smallest absolute Gasteiger partial charge is 0.225 e. The molecule has 1 saturated carbocycles. The highest BCUT2D eigenvalue weighted by molar-refractivity contribution is 5.81. The van der Waals surface area contributed by atoms with Gasteiger partial charge in [-0.2, -0.15) is 0 Å². The van der Waals surface area contributed by atoms with Gasteiger partial charge in [0, 0.05) is 44.2 Å². The maximum atomic E-state index is 12.1. The molecule has 0 aliphatic heterocycles. The molecular weight excluding hydrogens is 366 g/mol. The molecule has 0 atom stereocenters. The van der Waals surface area contributed by atoms with Crippen LogP contribution in [0.1, 0.15) is 63.8 Å². The number of amides is 1. The zero-order valence-electron chi connectivity index (χ0n) is 18.5.